The van der Waals surface area contributed by atoms with Crippen LogP contribution >= 0.6 is 0 Å². The van der Waals surface area contributed by atoms with Crippen LogP contribution in [0.15, 0.2) is 35.1 Å². The number of ether oxygens (including phenoxy) is 1. The SMILES string of the molecule is COCC(N)C(=O)Nc1cc(-c2ncco2)ccc1C. The fourth-order valence-corrected chi connectivity index (χ4v) is 1.74. The van der Waals surface area contributed by atoms with Crippen LogP contribution in [0, 0.1) is 6.92 Å². The first kappa shape index (κ1) is 14.2. The maximum Gasteiger partial charge on any atom is 0.243 e. The fourth-order valence-electron chi connectivity index (χ4n) is 1.74. The predicted octanol–water partition coefficient (Wildman–Crippen LogP) is 1.56. The first-order valence-electron chi connectivity index (χ1n) is 6.17. The molecular formula is C14H17N3O3. The van der Waals surface area contributed by atoms with Gasteiger partial charge in [0.2, 0.25) is 11.8 Å². The standard InChI is InChI=1S/C14H17N3O3/c1-9-3-4-10(14-16-5-6-20-14)7-12(9)17-13(18)11(15)8-19-2/h3-7,11H,8,15H2,1-2H3,(H,17,18). The van der Waals surface area contributed by atoms with Crippen LogP contribution in [0.25, 0.3) is 11.5 Å². The van der Waals surface area contributed by atoms with E-state index >= 15 is 0 Å². The van der Waals surface area contributed by atoms with Gasteiger partial charge in [-0.25, -0.2) is 4.98 Å². The van der Waals surface area contributed by atoms with Crippen molar-refractivity contribution in [2.45, 2.75) is 13.0 Å². The number of nitrogens with one attached hydrogen (secondary N) is 1. The molecule has 1 amide bonds. The number of carbonyl (C=O) groups is 1. The van der Waals surface area contributed by atoms with Gasteiger partial charge in [0.15, 0.2) is 0 Å². The summed E-state index contributed by atoms with van der Waals surface area (Å²) >= 11 is 0. The molecule has 2 rings (SSSR count). The van der Waals surface area contributed by atoms with Crippen molar-refractivity contribution < 1.29 is 13.9 Å². The van der Waals surface area contributed by atoms with E-state index in [1.54, 1.807) is 12.3 Å². The van der Waals surface area contributed by atoms with Crippen molar-refractivity contribution in [3.8, 4) is 11.5 Å². The van der Waals surface area contributed by atoms with Gasteiger partial charge in [-0.3, -0.25) is 4.79 Å². The second kappa shape index (κ2) is 6.31. The van der Waals surface area contributed by atoms with E-state index in [4.69, 9.17) is 14.9 Å². The lowest BCUT2D eigenvalue weighted by molar-refractivity contribution is -0.118. The topological polar surface area (TPSA) is 90.4 Å². The number of amides is 1. The van der Waals surface area contributed by atoms with E-state index in [1.807, 2.05) is 19.1 Å². The molecular weight excluding hydrogens is 258 g/mol. The van der Waals surface area contributed by atoms with Crippen LogP contribution in [0.2, 0.25) is 0 Å². The van der Waals surface area contributed by atoms with E-state index in [-0.39, 0.29) is 12.5 Å². The Balaban J connectivity index is 2.19. The van der Waals surface area contributed by atoms with Crippen LogP contribution in [-0.2, 0) is 9.53 Å². The zero-order chi connectivity index (χ0) is 14.5. The van der Waals surface area contributed by atoms with Gasteiger partial charge < -0.3 is 20.2 Å². The summed E-state index contributed by atoms with van der Waals surface area (Å²) in [6.07, 6.45) is 3.07. The van der Waals surface area contributed by atoms with Gasteiger partial charge in [0, 0.05) is 18.4 Å². The summed E-state index contributed by atoms with van der Waals surface area (Å²) in [7, 11) is 1.50. The molecule has 106 valence electrons. The molecule has 1 heterocycles. The Kier molecular flexibility index (Phi) is 4.49. The van der Waals surface area contributed by atoms with Crippen LogP contribution in [-0.4, -0.2) is 30.6 Å². The average Bonchev–Trinajstić information content (AvgIpc) is 2.95. The molecule has 0 aliphatic carbocycles. The number of carbonyl (C=O) groups excluding carboxylic acids is 1. The summed E-state index contributed by atoms with van der Waals surface area (Å²) in [5.74, 6) is 0.209. The van der Waals surface area contributed by atoms with E-state index < -0.39 is 6.04 Å². The van der Waals surface area contributed by atoms with Gasteiger partial charge in [-0.2, -0.15) is 0 Å². The molecule has 0 saturated heterocycles. The van der Waals surface area contributed by atoms with Crippen molar-refractivity contribution in [3.63, 3.8) is 0 Å². The Morgan fingerprint density at radius 2 is 2.35 bits per heavy atom. The van der Waals surface area contributed by atoms with Gasteiger partial charge in [0.05, 0.1) is 12.8 Å². The van der Waals surface area contributed by atoms with Gasteiger partial charge in [-0.15, -0.1) is 0 Å². The number of rotatable bonds is 5. The van der Waals surface area contributed by atoms with Crippen LogP contribution in [0.4, 0.5) is 5.69 Å². The molecule has 3 N–H and O–H groups in total. The number of hydrogen-bond acceptors (Lipinski definition) is 5. The number of anilines is 1. The third-order valence-corrected chi connectivity index (χ3v) is 2.86. The number of hydrogen-bond donors (Lipinski definition) is 2. The highest BCUT2D eigenvalue weighted by Gasteiger charge is 2.15. The minimum absolute atomic E-state index is 0.171. The van der Waals surface area contributed by atoms with Crippen LogP contribution in [0.5, 0.6) is 0 Å². The number of oxazole rings is 1. The Morgan fingerprint density at radius 1 is 1.55 bits per heavy atom. The van der Waals surface area contributed by atoms with Gasteiger partial charge in [-0.1, -0.05) is 6.07 Å². The largest absolute Gasteiger partial charge is 0.445 e. The molecule has 0 saturated carbocycles. The molecule has 0 fully saturated rings. The molecule has 2 aromatic rings. The molecule has 0 radical (unpaired) electrons. The van der Waals surface area contributed by atoms with Gasteiger partial charge in [0.1, 0.15) is 12.3 Å². The summed E-state index contributed by atoms with van der Waals surface area (Å²) in [5.41, 5.74) is 8.09. The number of aromatic nitrogens is 1. The molecule has 6 heteroatoms. The van der Waals surface area contributed by atoms with Crippen molar-refractivity contribution in [1.82, 2.24) is 4.98 Å². The Morgan fingerprint density at radius 3 is 3.00 bits per heavy atom. The van der Waals surface area contributed by atoms with Gasteiger partial charge in [-0.05, 0) is 24.6 Å². The van der Waals surface area contributed by atoms with Crippen LogP contribution in [0.3, 0.4) is 0 Å². The third kappa shape index (κ3) is 3.23. The minimum atomic E-state index is -0.704. The molecule has 0 aliphatic heterocycles. The highest BCUT2D eigenvalue weighted by atomic mass is 16.5. The van der Waals surface area contributed by atoms with Crippen molar-refractivity contribution in [1.29, 1.82) is 0 Å². The number of benzene rings is 1. The molecule has 0 aliphatic rings. The second-order valence-electron chi connectivity index (χ2n) is 4.42. The predicted molar refractivity (Wildman–Crippen MR) is 75.2 cm³/mol. The van der Waals surface area contributed by atoms with Crippen molar-refractivity contribution in [3.05, 3.63) is 36.2 Å². The molecule has 20 heavy (non-hydrogen) atoms. The Bertz CT molecular complexity index is 581. The average molecular weight is 275 g/mol. The number of nitrogens with zero attached hydrogens (tertiary/aromatic N) is 1. The van der Waals surface area contributed by atoms with Crippen LogP contribution < -0.4 is 11.1 Å². The highest BCUT2D eigenvalue weighted by Crippen LogP contribution is 2.24. The van der Waals surface area contributed by atoms with E-state index in [0.29, 0.717) is 11.6 Å². The maximum atomic E-state index is 11.9. The van der Waals surface area contributed by atoms with E-state index in [2.05, 4.69) is 10.3 Å². The Hall–Kier alpha value is -2.18. The summed E-state index contributed by atoms with van der Waals surface area (Å²) in [6, 6.07) is 4.87. The van der Waals surface area contributed by atoms with Gasteiger partial charge >= 0.3 is 0 Å². The zero-order valence-corrected chi connectivity index (χ0v) is 11.4. The number of methoxy groups -OCH3 is 1. The minimum Gasteiger partial charge on any atom is -0.445 e. The first-order valence-corrected chi connectivity index (χ1v) is 6.17. The first-order chi connectivity index (χ1) is 9.61. The lowest BCUT2D eigenvalue weighted by Gasteiger charge is -2.13. The van der Waals surface area contributed by atoms with E-state index in [0.717, 1.165) is 11.1 Å². The molecule has 1 aromatic heterocycles. The lowest BCUT2D eigenvalue weighted by Crippen LogP contribution is -2.39. The maximum absolute atomic E-state index is 11.9. The van der Waals surface area contributed by atoms with Crippen molar-refractivity contribution in [2.24, 2.45) is 5.73 Å². The third-order valence-electron chi connectivity index (χ3n) is 2.86. The summed E-state index contributed by atoms with van der Waals surface area (Å²) in [6.45, 7) is 2.07. The molecule has 6 nitrogen and oxygen atoms in total. The quantitative estimate of drug-likeness (QED) is 0.864. The Labute approximate surface area is 116 Å². The second-order valence-corrected chi connectivity index (χ2v) is 4.42. The van der Waals surface area contributed by atoms with E-state index in [1.165, 1.54) is 13.4 Å². The highest BCUT2D eigenvalue weighted by molar-refractivity contribution is 5.95. The molecule has 1 aromatic carbocycles. The molecule has 0 bridgehead atoms. The van der Waals surface area contributed by atoms with Gasteiger partial charge in [0.25, 0.3) is 0 Å². The fraction of sp³-hybridized carbons (Fsp3) is 0.286. The van der Waals surface area contributed by atoms with Crippen molar-refractivity contribution >= 4 is 11.6 Å². The lowest BCUT2D eigenvalue weighted by atomic mass is 10.1. The van der Waals surface area contributed by atoms with Crippen LogP contribution in [0.1, 0.15) is 5.56 Å². The zero-order valence-electron chi connectivity index (χ0n) is 11.4. The number of aryl methyl sites for hydroxylation is 1. The molecule has 1 atom stereocenters. The summed E-state index contributed by atoms with van der Waals surface area (Å²) in [5, 5.41) is 2.78. The van der Waals surface area contributed by atoms with Crippen molar-refractivity contribution in [2.75, 3.05) is 19.0 Å². The normalized spacial score (nSPS) is 12.2. The monoisotopic (exact) mass is 275 g/mol. The summed E-state index contributed by atoms with van der Waals surface area (Å²) in [4.78, 5) is 16.0. The summed E-state index contributed by atoms with van der Waals surface area (Å²) < 4.78 is 10.1. The number of nitrogens with two attached hydrogens (primary N) is 1. The molecule has 0 spiro atoms. The smallest absolute Gasteiger partial charge is 0.243 e. The molecule has 1 unspecified atom stereocenters. The van der Waals surface area contributed by atoms with E-state index in [9.17, 15) is 4.79 Å².